The molecule has 28 heavy (non-hydrogen) atoms. The van der Waals surface area contributed by atoms with E-state index in [4.69, 9.17) is 0 Å². The van der Waals surface area contributed by atoms with Crippen molar-refractivity contribution in [3.63, 3.8) is 0 Å². The van der Waals surface area contributed by atoms with Crippen LogP contribution in [0.2, 0.25) is 0 Å². The Balaban J connectivity index is 2.15. The van der Waals surface area contributed by atoms with Crippen LogP contribution < -0.4 is 16.7 Å². The van der Waals surface area contributed by atoms with Crippen molar-refractivity contribution in [2.24, 2.45) is 5.10 Å². The van der Waals surface area contributed by atoms with Crippen molar-refractivity contribution in [3.05, 3.63) is 86.1 Å². The molecule has 0 amide bonds. The van der Waals surface area contributed by atoms with Gasteiger partial charge in [-0.2, -0.15) is 5.10 Å². The van der Waals surface area contributed by atoms with E-state index in [0.717, 1.165) is 21.4 Å². The highest BCUT2D eigenvalue weighted by molar-refractivity contribution is 6.02. The molecule has 0 fully saturated rings. The first-order chi connectivity index (χ1) is 13.4. The Bertz CT molecular complexity index is 1160. The van der Waals surface area contributed by atoms with Crippen LogP contribution in [-0.4, -0.2) is 20.4 Å². The van der Waals surface area contributed by atoms with Gasteiger partial charge in [-0.15, -0.1) is 0 Å². The van der Waals surface area contributed by atoms with Gasteiger partial charge in [0.15, 0.2) is 0 Å². The van der Waals surface area contributed by atoms with E-state index >= 15 is 0 Å². The highest BCUT2D eigenvalue weighted by atomic mass is 16.3. The molecule has 0 aliphatic carbocycles. The number of rotatable bonds is 5. The molecule has 3 aromatic rings. The zero-order valence-corrected chi connectivity index (χ0v) is 16.0. The fraction of sp³-hybridized carbons (Fsp3) is 0.190. The van der Waals surface area contributed by atoms with Gasteiger partial charge < -0.3 is 5.11 Å². The lowest BCUT2D eigenvalue weighted by Gasteiger charge is -2.14. The number of aromatic amines is 1. The quantitative estimate of drug-likeness (QED) is 0.469. The third kappa shape index (κ3) is 3.59. The van der Waals surface area contributed by atoms with Gasteiger partial charge in [0.05, 0.1) is 17.1 Å². The van der Waals surface area contributed by atoms with Crippen LogP contribution in [0, 0.1) is 13.8 Å². The maximum Gasteiger partial charge on any atom is 0.335 e. The van der Waals surface area contributed by atoms with Crippen molar-refractivity contribution in [3.8, 4) is 11.6 Å². The van der Waals surface area contributed by atoms with Crippen LogP contribution >= 0.6 is 0 Å². The number of aryl methyl sites for hydroxylation is 2. The number of H-pyrrole nitrogens is 1. The second-order valence-corrected chi connectivity index (χ2v) is 6.42. The van der Waals surface area contributed by atoms with Crippen molar-refractivity contribution in [2.45, 2.75) is 27.2 Å². The fourth-order valence-corrected chi connectivity index (χ4v) is 2.96. The van der Waals surface area contributed by atoms with E-state index in [9.17, 15) is 14.7 Å². The van der Waals surface area contributed by atoms with Crippen molar-refractivity contribution in [1.82, 2.24) is 9.55 Å². The molecule has 0 saturated heterocycles. The van der Waals surface area contributed by atoms with Crippen LogP contribution in [0.25, 0.3) is 5.69 Å². The Labute approximate surface area is 162 Å². The van der Waals surface area contributed by atoms with Gasteiger partial charge in [0, 0.05) is 0 Å². The Hall–Kier alpha value is -3.61. The maximum atomic E-state index is 12.5. The van der Waals surface area contributed by atoms with Crippen LogP contribution in [0.3, 0.4) is 0 Å². The van der Waals surface area contributed by atoms with E-state index in [-0.39, 0.29) is 5.56 Å². The Kier molecular flexibility index (Phi) is 5.44. The van der Waals surface area contributed by atoms with Crippen LogP contribution in [0.15, 0.2) is 63.2 Å². The number of nitrogens with zero attached hydrogens (tertiary/aromatic N) is 2. The average molecular weight is 378 g/mol. The largest absolute Gasteiger partial charge is 0.493 e. The van der Waals surface area contributed by atoms with Crippen LogP contribution in [0.4, 0.5) is 5.69 Å². The lowest BCUT2D eigenvalue weighted by atomic mass is 10.1. The molecule has 3 N–H and O–H groups in total. The summed E-state index contributed by atoms with van der Waals surface area (Å²) >= 11 is 0. The number of hydrogen-bond donors (Lipinski definition) is 3. The summed E-state index contributed by atoms with van der Waals surface area (Å²) in [6.45, 7) is 5.58. The number of aromatic nitrogens is 2. The molecule has 0 atom stereocenters. The third-order valence-electron chi connectivity index (χ3n) is 4.52. The first-order valence-electron chi connectivity index (χ1n) is 8.97. The van der Waals surface area contributed by atoms with Gasteiger partial charge in [0.2, 0.25) is 5.88 Å². The first kappa shape index (κ1) is 19.2. The van der Waals surface area contributed by atoms with Gasteiger partial charge in [-0.25, -0.2) is 9.36 Å². The number of para-hydroxylation sites is 2. The second kappa shape index (κ2) is 7.96. The van der Waals surface area contributed by atoms with E-state index in [2.05, 4.69) is 15.5 Å². The summed E-state index contributed by atoms with van der Waals surface area (Å²) in [6, 6.07) is 14.7. The number of anilines is 1. The summed E-state index contributed by atoms with van der Waals surface area (Å²) in [7, 11) is 0. The molecule has 0 bridgehead atoms. The smallest absolute Gasteiger partial charge is 0.335 e. The first-order valence-corrected chi connectivity index (χ1v) is 8.97. The number of aromatic hydroxyl groups is 1. The molecule has 2 aromatic carbocycles. The minimum absolute atomic E-state index is 0.0357. The number of benzene rings is 2. The van der Waals surface area contributed by atoms with E-state index in [1.807, 2.05) is 57.2 Å². The predicted octanol–water partition coefficient (Wildman–Crippen LogP) is 3.07. The lowest BCUT2D eigenvalue weighted by Crippen LogP contribution is -2.33. The summed E-state index contributed by atoms with van der Waals surface area (Å²) in [5.74, 6) is -0.435. The summed E-state index contributed by atoms with van der Waals surface area (Å²) in [4.78, 5) is 27.1. The van der Waals surface area contributed by atoms with Crippen molar-refractivity contribution in [1.29, 1.82) is 0 Å². The lowest BCUT2D eigenvalue weighted by molar-refractivity contribution is 0.429. The van der Waals surface area contributed by atoms with Gasteiger partial charge in [-0.3, -0.25) is 15.2 Å². The van der Waals surface area contributed by atoms with Crippen LogP contribution in [0.1, 0.15) is 30.0 Å². The maximum absolute atomic E-state index is 12.5. The zero-order valence-electron chi connectivity index (χ0n) is 16.0. The minimum Gasteiger partial charge on any atom is -0.493 e. The highest BCUT2D eigenvalue weighted by Gasteiger charge is 2.20. The SMILES string of the molecule is CC/C(=N\Nc1ccccc1C)c1c(O)n(-c2ccccc2C)c(=O)[nH]c1=O. The normalized spacial score (nSPS) is 11.5. The average Bonchev–Trinajstić information content (AvgIpc) is 2.66. The van der Waals surface area contributed by atoms with Gasteiger partial charge in [-0.05, 0) is 43.5 Å². The molecule has 7 heteroatoms. The molecule has 144 valence electrons. The van der Waals surface area contributed by atoms with E-state index in [1.165, 1.54) is 0 Å². The van der Waals surface area contributed by atoms with Crippen molar-refractivity contribution in [2.75, 3.05) is 5.43 Å². The second-order valence-electron chi connectivity index (χ2n) is 6.42. The molecule has 1 aromatic heterocycles. The molecule has 0 radical (unpaired) electrons. The number of hydrogen-bond acceptors (Lipinski definition) is 5. The van der Waals surface area contributed by atoms with Crippen molar-refractivity contribution < 1.29 is 5.11 Å². The van der Waals surface area contributed by atoms with Crippen molar-refractivity contribution >= 4 is 11.4 Å². The molecule has 0 aliphatic rings. The van der Waals surface area contributed by atoms with Crippen LogP contribution in [0.5, 0.6) is 5.88 Å². The molecular weight excluding hydrogens is 356 g/mol. The highest BCUT2D eigenvalue weighted by Crippen LogP contribution is 2.21. The Morgan fingerprint density at radius 1 is 1.07 bits per heavy atom. The third-order valence-corrected chi connectivity index (χ3v) is 4.52. The van der Waals surface area contributed by atoms with E-state index in [0.29, 0.717) is 17.8 Å². The number of hydrazone groups is 1. The summed E-state index contributed by atoms with van der Waals surface area (Å²) in [6.07, 6.45) is 0.376. The number of nitrogens with one attached hydrogen (secondary N) is 2. The molecular formula is C21H22N4O3. The molecule has 0 saturated carbocycles. The van der Waals surface area contributed by atoms with E-state index in [1.54, 1.807) is 12.1 Å². The summed E-state index contributed by atoms with van der Waals surface area (Å²) in [5, 5.41) is 15.1. The van der Waals surface area contributed by atoms with E-state index < -0.39 is 17.1 Å². The van der Waals surface area contributed by atoms with Gasteiger partial charge in [0.25, 0.3) is 5.56 Å². The molecule has 0 aliphatic heterocycles. The monoisotopic (exact) mass is 378 g/mol. The molecule has 0 spiro atoms. The molecule has 3 rings (SSSR count). The standard InChI is InChI=1S/C21H22N4O3/c1-4-15(23-24-16-11-7-5-9-13(16)2)18-19(26)22-21(28)25(20(18)27)17-12-8-6-10-14(17)3/h5-12,24,27H,4H2,1-3H3,(H,22,26,28)/b23-15+. The molecule has 0 unspecified atom stereocenters. The minimum atomic E-state index is -0.706. The molecule has 7 nitrogen and oxygen atoms in total. The fourth-order valence-electron chi connectivity index (χ4n) is 2.96. The van der Waals surface area contributed by atoms with Gasteiger partial charge >= 0.3 is 5.69 Å². The zero-order chi connectivity index (χ0) is 20.3. The predicted molar refractivity (Wildman–Crippen MR) is 111 cm³/mol. The van der Waals surface area contributed by atoms with Gasteiger partial charge in [-0.1, -0.05) is 43.3 Å². The molecule has 1 heterocycles. The van der Waals surface area contributed by atoms with Crippen LogP contribution in [-0.2, 0) is 0 Å². The Morgan fingerprint density at radius 2 is 1.71 bits per heavy atom. The topological polar surface area (TPSA) is 99.5 Å². The summed E-state index contributed by atoms with van der Waals surface area (Å²) < 4.78 is 1.09. The Morgan fingerprint density at radius 3 is 2.36 bits per heavy atom. The summed E-state index contributed by atoms with van der Waals surface area (Å²) in [5.41, 5.74) is 4.91. The van der Waals surface area contributed by atoms with Gasteiger partial charge in [0.1, 0.15) is 5.56 Å².